The van der Waals surface area contributed by atoms with Gasteiger partial charge in [-0.05, 0) is 5.92 Å². The molecule has 16 heavy (non-hydrogen) atoms. The summed E-state index contributed by atoms with van der Waals surface area (Å²) in [4.78, 5) is 0. The quantitative estimate of drug-likeness (QED) is 0.644. The molecule has 0 aliphatic carbocycles. The van der Waals surface area contributed by atoms with Crippen molar-refractivity contribution in [3.8, 4) is 0 Å². The highest BCUT2D eigenvalue weighted by molar-refractivity contribution is 7.87. The second-order valence-corrected chi connectivity index (χ2v) is 5.54. The van der Waals surface area contributed by atoms with Crippen molar-refractivity contribution in [1.82, 2.24) is 9.03 Å². The van der Waals surface area contributed by atoms with Gasteiger partial charge in [0.05, 0.1) is 6.54 Å². The Labute approximate surface area is 95.2 Å². The van der Waals surface area contributed by atoms with Crippen molar-refractivity contribution in [2.24, 2.45) is 11.7 Å². The molecule has 0 radical (unpaired) electrons. The Morgan fingerprint density at radius 2 is 1.94 bits per heavy atom. The van der Waals surface area contributed by atoms with Crippen molar-refractivity contribution >= 4 is 10.2 Å². The minimum Gasteiger partial charge on any atom is -0.329 e. The van der Waals surface area contributed by atoms with Gasteiger partial charge >= 0.3 is 0 Å². The molecule has 0 aromatic rings. The first-order valence-electron chi connectivity index (χ1n) is 5.02. The van der Waals surface area contributed by atoms with Crippen LogP contribution in [-0.4, -0.2) is 45.3 Å². The fourth-order valence-electron chi connectivity index (χ4n) is 0.971. The van der Waals surface area contributed by atoms with Gasteiger partial charge < -0.3 is 5.73 Å². The zero-order valence-corrected chi connectivity index (χ0v) is 10.3. The summed E-state index contributed by atoms with van der Waals surface area (Å²) in [7, 11) is -3.85. The number of halogens is 2. The number of rotatable bonds is 8. The van der Waals surface area contributed by atoms with E-state index in [0.29, 0.717) is 4.31 Å². The standard InChI is InChI=1S/C8H19F2N3O2S/c1-7(2)5-12-16(14,15)13(4-3-11)6-8(9)10/h7-8,12H,3-6,11H2,1-2H3. The number of alkyl halides is 2. The Morgan fingerprint density at radius 3 is 2.31 bits per heavy atom. The highest BCUT2D eigenvalue weighted by atomic mass is 32.2. The molecule has 0 unspecified atom stereocenters. The highest BCUT2D eigenvalue weighted by Gasteiger charge is 2.24. The van der Waals surface area contributed by atoms with Crippen LogP contribution in [0.3, 0.4) is 0 Å². The lowest BCUT2D eigenvalue weighted by Gasteiger charge is -2.21. The predicted molar refractivity (Wildman–Crippen MR) is 58.4 cm³/mol. The van der Waals surface area contributed by atoms with Gasteiger partial charge in [-0.2, -0.15) is 12.7 Å². The highest BCUT2D eigenvalue weighted by Crippen LogP contribution is 2.03. The number of nitrogens with two attached hydrogens (primary N) is 1. The lowest BCUT2D eigenvalue weighted by molar-refractivity contribution is 0.120. The molecule has 0 aliphatic heterocycles. The van der Waals surface area contributed by atoms with Crippen LogP contribution in [0.25, 0.3) is 0 Å². The van der Waals surface area contributed by atoms with Gasteiger partial charge in [-0.25, -0.2) is 13.5 Å². The first-order chi connectivity index (χ1) is 7.29. The average Bonchev–Trinajstić information content (AvgIpc) is 2.14. The SMILES string of the molecule is CC(C)CNS(=O)(=O)N(CCN)CC(F)F. The van der Waals surface area contributed by atoms with Crippen molar-refractivity contribution in [2.45, 2.75) is 20.3 Å². The molecule has 8 heteroatoms. The van der Waals surface area contributed by atoms with Crippen molar-refractivity contribution in [3.63, 3.8) is 0 Å². The summed E-state index contributed by atoms with van der Waals surface area (Å²) in [5, 5.41) is 0. The largest absolute Gasteiger partial charge is 0.329 e. The van der Waals surface area contributed by atoms with Gasteiger partial charge in [-0.15, -0.1) is 0 Å². The fraction of sp³-hybridized carbons (Fsp3) is 1.00. The van der Waals surface area contributed by atoms with Crippen LogP contribution in [0.5, 0.6) is 0 Å². The average molecular weight is 259 g/mol. The maximum absolute atomic E-state index is 12.2. The summed E-state index contributed by atoms with van der Waals surface area (Å²) in [5.74, 6) is 0.112. The van der Waals surface area contributed by atoms with Crippen LogP contribution in [-0.2, 0) is 10.2 Å². The van der Waals surface area contributed by atoms with Crippen molar-refractivity contribution in [3.05, 3.63) is 0 Å². The molecule has 3 N–H and O–H groups in total. The molecule has 0 atom stereocenters. The molecular formula is C8H19F2N3O2S. The van der Waals surface area contributed by atoms with E-state index in [4.69, 9.17) is 5.73 Å². The second-order valence-electron chi connectivity index (χ2n) is 3.79. The predicted octanol–water partition coefficient (Wildman–Crippen LogP) is 0.00260. The third kappa shape index (κ3) is 6.31. The van der Waals surface area contributed by atoms with E-state index in [2.05, 4.69) is 4.72 Å². The van der Waals surface area contributed by atoms with Crippen LogP contribution < -0.4 is 10.5 Å². The molecule has 0 amide bonds. The molecule has 0 saturated carbocycles. The van der Waals surface area contributed by atoms with Crippen molar-refractivity contribution in [1.29, 1.82) is 0 Å². The van der Waals surface area contributed by atoms with Crippen molar-refractivity contribution in [2.75, 3.05) is 26.2 Å². The Morgan fingerprint density at radius 1 is 1.38 bits per heavy atom. The number of hydrogen-bond donors (Lipinski definition) is 2. The lowest BCUT2D eigenvalue weighted by Crippen LogP contribution is -2.46. The van der Waals surface area contributed by atoms with Crippen LogP contribution in [0.1, 0.15) is 13.8 Å². The lowest BCUT2D eigenvalue weighted by atomic mass is 10.2. The van der Waals surface area contributed by atoms with Gasteiger partial charge in [0.1, 0.15) is 0 Å². The molecular weight excluding hydrogens is 240 g/mol. The van der Waals surface area contributed by atoms with Gasteiger partial charge in [0, 0.05) is 19.6 Å². The maximum Gasteiger partial charge on any atom is 0.279 e. The van der Waals surface area contributed by atoms with Gasteiger partial charge in [-0.1, -0.05) is 13.8 Å². The monoisotopic (exact) mass is 259 g/mol. The van der Waals surface area contributed by atoms with E-state index < -0.39 is 23.2 Å². The Balaban J connectivity index is 4.49. The van der Waals surface area contributed by atoms with Gasteiger partial charge in [-0.3, -0.25) is 0 Å². The van der Waals surface area contributed by atoms with E-state index in [1.165, 1.54) is 0 Å². The smallest absolute Gasteiger partial charge is 0.279 e. The minimum absolute atomic E-state index is 0.00923. The minimum atomic E-state index is -3.85. The van der Waals surface area contributed by atoms with Gasteiger partial charge in [0.25, 0.3) is 16.6 Å². The third-order valence-corrected chi connectivity index (χ3v) is 3.28. The molecule has 0 saturated heterocycles. The molecule has 0 spiro atoms. The molecule has 98 valence electrons. The van der Waals surface area contributed by atoms with E-state index in [0.717, 1.165) is 0 Å². The number of nitrogens with zero attached hydrogens (tertiary/aromatic N) is 1. The zero-order valence-electron chi connectivity index (χ0n) is 9.49. The van der Waals surface area contributed by atoms with E-state index in [1.54, 1.807) is 0 Å². The normalized spacial score (nSPS) is 13.0. The summed E-state index contributed by atoms with van der Waals surface area (Å²) in [5.41, 5.74) is 5.18. The van der Waals surface area contributed by atoms with E-state index in [-0.39, 0.29) is 25.6 Å². The summed E-state index contributed by atoms with van der Waals surface area (Å²) in [6, 6.07) is 0. The van der Waals surface area contributed by atoms with Crippen LogP contribution in [0.2, 0.25) is 0 Å². The Hall–Kier alpha value is -0.310. The summed E-state index contributed by atoms with van der Waals surface area (Å²) in [6.07, 6.45) is -2.71. The first-order valence-corrected chi connectivity index (χ1v) is 6.46. The second kappa shape index (κ2) is 7.10. The molecule has 0 bridgehead atoms. The van der Waals surface area contributed by atoms with Crippen molar-refractivity contribution < 1.29 is 17.2 Å². The summed E-state index contributed by atoms with van der Waals surface area (Å²) in [6.45, 7) is 2.93. The zero-order chi connectivity index (χ0) is 12.8. The number of hydrogen-bond acceptors (Lipinski definition) is 3. The molecule has 5 nitrogen and oxygen atoms in total. The van der Waals surface area contributed by atoms with E-state index in [1.807, 2.05) is 13.8 Å². The molecule has 0 fully saturated rings. The Kier molecular flexibility index (Phi) is 6.96. The van der Waals surface area contributed by atoms with Gasteiger partial charge in [0.2, 0.25) is 0 Å². The molecule has 0 aromatic carbocycles. The number of nitrogens with one attached hydrogen (secondary N) is 1. The van der Waals surface area contributed by atoms with Crippen LogP contribution in [0, 0.1) is 5.92 Å². The van der Waals surface area contributed by atoms with E-state index in [9.17, 15) is 17.2 Å². The maximum atomic E-state index is 12.2. The molecule has 0 rings (SSSR count). The fourth-order valence-corrected chi connectivity index (χ4v) is 2.35. The molecule has 0 aliphatic rings. The van der Waals surface area contributed by atoms with E-state index >= 15 is 0 Å². The third-order valence-electron chi connectivity index (χ3n) is 1.73. The topological polar surface area (TPSA) is 75.4 Å². The first kappa shape index (κ1) is 15.7. The molecule has 0 aromatic heterocycles. The Bertz CT molecular complexity index is 283. The van der Waals surface area contributed by atoms with Crippen LogP contribution >= 0.6 is 0 Å². The molecule has 0 heterocycles. The summed E-state index contributed by atoms with van der Waals surface area (Å²) >= 11 is 0. The van der Waals surface area contributed by atoms with Crippen LogP contribution in [0.4, 0.5) is 8.78 Å². The van der Waals surface area contributed by atoms with Gasteiger partial charge in [0.15, 0.2) is 0 Å². The van der Waals surface area contributed by atoms with Crippen LogP contribution in [0.15, 0.2) is 0 Å². The summed E-state index contributed by atoms with van der Waals surface area (Å²) < 4.78 is 50.4.